The van der Waals surface area contributed by atoms with Gasteiger partial charge in [0.2, 0.25) is 5.95 Å². The average Bonchev–Trinajstić information content (AvgIpc) is 3.23. The summed E-state index contributed by atoms with van der Waals surface area (Å²) >= 11 is 0. The maximum absolute atomic E-state index is 5.52. The van der Waals surface area contributed by atoms with Crippen LogP contribution in [0.2, 0.25) is 0 Å². The fourth-order valence-corrected chi connectivity index (χ4v) is 4.21. The second kappa shape index (κ2) is 8.39. The fraction of sp³-hybridized carbons (Fsp3) is 0.619. The van der Waals surface area contributed by atoms with Crippen molar-refractivity contribution in [2.45, 2.75) is 38.6 Å². The van der Waals surface area contributed by atoms with Crippen LogP contribution in [0.1, 0.15) is 32.6 Å². The van der Waals surface area contributed by atoms with Crippen molar-refractivity contribution in [1.82, 2.24) is 15.3 Å². The highest BCUT2D eigenvalue weighted by Gasteiger charge is 2.25. The van der Waals surface area contributed by atoms with Gasteiger partial charge in [0.25, 0.3) is 0 Å². The van der Waals surface area contributed by atoms with Crippen LogP contribution < -0.4 is 25.0 Å². The van der Waals surface area contributed by atoms with Crippen LogP contribution in [0.5, 0.6) is 11.5 Å². The van der Waals surface area contributed by atoms with Gasteiger partial charge in [-0.1, -0.05) is 13.3 Å². The van der Waals surface area contributed by atoms with Gasteiger partial charge >= 0.3 is 0 Å². The number of methoxy groups -OCH3 is 2. The topological polar surface area (TPSA) is 71.5 Å². The van der Waals surface area contributed by atoms with Crippen molar-refractivity contribution in [1.29, 1.82) is 0 Å². The van der Waals surface area contributed by atoms with Gasteiger partial charge in [0.1, 0.15) is 5.82 Å². The van der Waals surface area contributed by atoms with Gasteiger partial charge in [0.05, 0.1) is 19.7 Å². The van der Waals surface area contributed by atoms with Gasteiger partial charge in [-0.3, -0.25) is 0 Å². The van der Waals surface area contributed by atoms with Gasteiger partial charge < -0.3 is 25.0 Å². The summed E-state index contributed by atoms with van der Waals surface area (Å²) in [6.07, 6.45) is 4.73. The van der Waals surface area contributed by atoms with E-state index >= 15 is 0 Å². The van der Waals surface area contributed by atoms with Gasteiger partial charge in [-0.2, -0.15) is 4.98 Å². The van der Waals surface area contributed by atoms with Crippen molar-refractivity contribution < 1.29 is 9.47 Å². The first kappa shape index (κ1) is 19.1. The maximum Gasteiger partial charge on any atom is 0.227 e. The summed E-state index contributed by atoms with van der Waals surface area (Å²) in [7, 11) is 3.32. The monoisotopic (exact) mass is 385 g/mol. The zero-order valence-electron chi connectivity index (χ0n) is 17.1. The fourth-order valence-electron chi connectivity index (χ4n) is 4.21. The minimum Gasteiger partial charge on any atom is -0.493 e. The molecule has 0 radical (unpaired) electrons. The summed E-state index contributed by atoms with van der Waals surface area (Å²) < 4.78 is 11.0. The van der Waals surface area contributed by atoms with E-state index < -0.39 is 0 Å². The molecule has 7 heteroatoms. The molecule has 4 rings (SSSR count). The minimum absolute atomic E-state index is 0.370. The lowest BCUT2D eigenvalue weighted by Gasteiger charge is -2.26. The molecule has 2 aliphatic heterocycles. The van der Waals surface area contributed by atoms with E-state index in [2.05, 4.69) is 22.5 Å². The molecule has 3 heterocycles. The van der Waals surface area contributed by atoms with E-state index in [9.17, 15) is 0 Å². The second-order valence-electron chi connectivity index (χ2n) is 7.79. The Balaban J connectivity index is 1.75. The molecule has 1 aromatic heterocycles. The highest BCUT2D eigenvalue weighted by Crippen LogP contribution is 2.36. The zero-order chi connectivity index (χ0) is 19.5. The molecule has 0 aliphatic carbocycles. The molecule has 2 aromatic rings. The summed E-state index contributed by atoms with van der Waals surface area (Å²) in [5.74, 6) is 3.81. The van der Waals surface area contributed by atoms with Crippen LogP contribution >= 0.6 is 0 Å². The highest BCUT2D eigenvalue weighted by molar-refractivity contribution is 5.93. The molecule has 152 valence electrons. The summed E-state index contributed by atoms with van der Waals surface area (Å²) in [5.41, 5.74) is 0.883. The van der Waals surface area contributed by atoms with E-state index in [-0.39, 0.29) is 0 Å². The van der Waals surface area contributed by atoms with Crippen molar-refractivity contribution in [3.05, 3.63) is 12.1 Å². The molecule has 2 aliphatic rings. The standard InChI is InChI=1S/C21H31N5O2/c1-4-14-7-9-26(13-14)21-24-17-11-19(28-3)18(27-2)10-16(17)20(25-21)23-15-6-5-8-22-12-15/h10-11,14-15,22H,4-9,12-13H2,1-3H3,(H,23,24,25)/t14?,15-/m0/s1. The lowest BCUT2D eigenvalue weighted by Crippen LogP contribution is -2.38. The molecule has 0 saturated carbocycles. The molecular weight excluding hydrogens is 354 g/mol. The Morgan fingerprint density at radius 2 is 2.00 bits per heavy atom. The van der Waals surface area contributed by atoms with Crippen LogP contribution in [0.4, 0.5) is 11.8 Å². The number of benzene rings is 1. The number of hydrogen-bond acceptors (Lipinski definition) is 7. The third kappa shape index (κ3) is 3.81. The number of aromatic nitrogens is 2. The van der Waals surface area contributed by atoms with Gasteiger partial charge in [-0.15, -0.1) is 0 Å². The first-order chi connectivity index (χ1) is 13.7. The quantitative estimate of drug-likeness (QED) is 0.792. The molecule has 0 amide bonds. The van der Waals surface area contributed by atoms with E-state index in [0.29, 0.717) is 17.5 Å². The van der Waals surface area contributed by atoms with Crippen molar-refractivity contribution in [3.8, 4) is 11.5 Å². The molecular formula is C21H31N5O2. The Hall–Kier alpha value is -2.28. The molecule has 7 nitrogen and oxygen atoms in total. The number of nitrogens with one attached hydrogen (secondary N) is 2. The highest BCUT2D eigenvalue weighted by atomic mass is 16.5. The van der Waals surface area contributed by atoms with Gasteiger partial charge in [-0.25, -0.2) is 4.98 Å². The van der Waals surface area contributed by atoms with E-state index in [4.69, 9.17) is 19.4 Å². The lowest BCUT2D eigenvalue weighted by atomic mass is 10.1. The number of rotatable bonds is 6. The molecule has 2 saturated heterocycles. The van der Waals surface area contributed by atoms with Crippen LogP contribution in [0.15, 0.2) is 12.1 Å². The van der Waals surface area contributed by atoms with Crippen LogP contribution in [-0.4, -0.2) is 56.4 Å². The Morgan fingerprint density at radius 3 is 2.68 bits per heavy atom. The second-order valence-corrected chi connectivity index (χ2v) is 7.79. The molecule has 2 fully saturated rings. The Morgan fingerprint density at radius 1 is 1.18 bits per heavy atom. The predicted molar refractivity (Wildman–Crippen MR) is 113 cm³/mol. The summed E-state index contributed by atoms with van der Waals surface area (Å²) in [6.45, 7) is 6.35. The molecule has 2 N–H and O–H groups in total. The number of piperidine rings is 1. The number of fused-ring (bicyclic) bond motifs is 1. The van der Waals surface area contributed by atoms with Crippen molar-refractivity contribution in [2.24, 2.45) is 5.92 Å². The lowest BCUT2D eigenvalue weighted by molar-refractivity contribution is 0.356. The average molecular weight is 386 g/mol. The van der Waals surface area contributed by atoms with Crippen molar-refractivity contribution >= 4 is 22.7 Å². The zero-order valence-corrected chi connectivity index (χ0v) is 17.1. The van der Waals surface area contributed by atoms with Crippen LogP contribution in [0, 0.1) is 5.92 Å². The van der Waals surface area contributed by atoms with Crippen LogP contribution in [-0.2, 0) is 0 Å². The molecule has 0 bridgehead atoms. The number of ether oxygens (including phenoxy) is 2. The van der Waals surface area contributed by atoms with E-state index in [1.165, 1.54) is 19.3 Å². The minimum atomic E-state index is 0.370. The van der Waals surface area contributed by atoms with E-state index in [0.717, 1.165) is 61.2 Å². The largest absolute Gasteiger partial charge is 0.493 e. The van der Waals surface area contributed by atoms with Gasteiger partial charge in [0, 0.05) is 37.1 Å². The molecule has 1 aromatic carbocycles. The molecule has 1 unspecified atom stereocenters. The maximum atomic E-state index is 5.52. The van der Waals surface area contributed by atoms with Crippen LogP contribution in [0.25, 0.3) is 10.9 Å². The molecule has 2 atom stereocenters. The number of nitrogens with zero attached hydrogens (tertiary/aromatic N) is 3. The van der Waals surface area contributed by atoms with Crippen molar-refractivity contribution in [2.75, 3.05) is 50.6 Å². The first-order valence-corrected chi connectivity index (χ1v) is 10.4. The summed E-state index contributed by atoms with van der Waals surface area (Å²) in [5, 5.41) is 8.10. The first-order valence-electron chi connectivity index (χ1n) is 10.4. The number of hydrogen-bond donors (Lipinski definition) is 2. The van der Waals surface area contributed by atoms with Crippen molar-refractivity contribution in [3.63, 3.8) is 0 Å². The Bertz CT molecular complexity index is 822. The van der Waals surface area contributed by atoms with Gasteiger partial charge in [0.15, 0.2) is 11.5 Å². The Kier molecular flexibility index (Phi) is 5.71. The van der Waals surface area contributed by atoms with E-state index in [1.54, 1.807) is 14.2 Å². The third-order valence-electron chi connectivity index (χ3n) is 5.97. The smallest absolute Gasteiger partial charge is 0.227 e. The number of anilines is 2. The van der Waals surface area contributed by atoms with Gasteiger partial charge in [-0.05, 0) is 37.8 Å². The molecule has 0 spiro atoms. The Labute approximate surface area is 166 Å². The summed E-state index contributed by atoms with van der Waals surface area (Å²) in [6, 6.07) is 4.31. The SMILES string of the molecule is CCC1CCN(c2nc(N[C@H]3CCCNC3)c3cc(OC)c(OC)cc3n2)C1. The predicted octanol–water partition coefficient (Wildman–Crippen LogP) is 3.05. The summed E-state index contributed by atoms with van der Waals surface area (Å²) in [4.78, 5) is 12.2. The van der Waals surface area contributed by atoms with Crippen LogP contribution in [0.3, 0.4) is 0 Å². The normalized spacial score (nSPS) is 22.5. The molecule has 28 heavy (non-hydrogen) atoms. The third-order valence-corrected chi connectivity index (χ3v) is 5.97. The van der Waals surface area contributed by atoms with E-state index in [1.807, 2.05) is 12.1 Å².